The van der Waals surface area contributed by atoms with Crippen LogP contribution in [0.3, 0.4) is 0 Å². The molecule has 0 unspecified atom stereocenters. The highest BCUT2D eigenvalue weighted by Crippen LogP contribution is 2.44. The standard InChI is InChI=1S/C68H82N2O10/c1-65(2,3)51-31-43-27-47-35-53(67(7,8)9)37-49(61(47)79-39-55(71)69-57(63(73)77-15)41-23-19-17-20-24-41)29-45-33-52(66(4,5)6)34-46(60(45)76-14)30-50-38-54(68(10,11)12)36-48(28-44(32-51)59(43)75-13)62(50)80-40-56(72)70-58(64(74)78-16)42-25-21-18-22-26-42/h17-26,31-38,57-58H,27-30,39-40H2,1-16H3,(H,69,71)(H,70,72)/t57-,58-/m1/s1. The van der Waals surface area contributed by atoms with E-state index in [4.69, 9.17) is 28.4 Å². The van der Waals surface area contributed by atoms with Gasteiger partial charge in [-0.05, 0) is 99.5 Å². The van der Waals surface area contributed by atoms with Gasteiger partial charge in [0.2, 0.25) is 0 Å². The van der Waals surface area contributed by atoms with Gasteiger partial charge in [-0.3, -0.25) is 9.59 Å². The minimum absolute atomic E-state index is 0.308. The van der Waals surface area contributed by atoms with Gasteiger partial charge >= 0.3 is 11.9 Å². The Hall–Kier alpha value is -7.60. The van der Waals surface area contributed by atoms with Crippen LogP contribution in [-0.2, 0) is 76.0 Å². The summed E-state index contributed by atoms with van der Waals surface area (Å²) in [6, 6.07) is 33.4. The number of nitrogens with one attached hydrogen (secondary N) is 2. The van der Waals surface area contributed by atoms with Gasteiger partial charge in [0, 0.05) is 25.7 Å². The summed E-state index contributed by atoms with van der Waals surface area (Å²) in [6.07, 6.45) is 1.42. The van der Waals surface area contributed by atoms with E-state index in [1.54, 1.807) is 62.8 Å². The molecule has 0 heterocycles. The maximum atomic E-state index is 14.2. The SMILES string of the molecule is COC(=O)[C@H](NC(=O)COc1c2cc(C(C)(C)C)cc1Cc1cc(C(C)(C)C)cc(c1OC)Cc1cc(C(C)(C)C)cc(c1OCC(=O)N[C@@H](C(=O)OC)c1ccccc1)Cc1cc(C(C)(C)C)cc(c1OC)C2)c1ccccc1. The highest BCUT2D eigenvalue weighted by Gasteiger charge is 2.31. The van der Waals surface area contributed by atoms with E-state index in [1.165, 1.54) is 14.2 Å². The van der Waals surface area contributed by atoms with Crippen molar-refractivity contribution < 1.29 is 47.6 Å². The van der Waals surface area contributed by atoms with Gasteiger partial charge in [0.05, 0.1) is 28.4 Å². The molecule has 8 bridgehead atoms. The second-order valence-electron chi connectivity index (χ2n) is 25.1. The number of ether oxygens (including phenoxy) is 6. The van der Waals surface area contributed by atoms with Gasteiger partial charge in [-0.25, -0.2) is 9.59 Å². The summed E-state index contributed by atoms with van der Waals surface area (Å²) >= 11 is 0. The Bertz CT molecular complexity index is 2910. The van der Waals surface area contributed by atoms with Gasteiger partial charge in [0.25, 0.3) is 11.8 Å². The second-order valence-corrected chi connectivity index (χ2v) is 25.1. The molecule has 12 heteroatoms. The molecule has 0 radical (unpaired) electrons. The summed E-state index contributed by atoms with van der Waals surface area (Å²) in [6.45, 7) is 25.5. The summed E-state index contributed by atoms with van der Waals surface area (Å²) in [5.74, 6) is 0.231. The Morgan fingerprint density at radius 3 is 0.838 bits per heavy atom. The average Bonchev–Trinajstić information content (AvgIpc) is 3.44. The maximum absolute atomic E-state index is 14.2. The number of methoxy groups -OCH3 is 4. The van der Waals surface area contributed by atoms with Crippen LogP contribution in [0.1, 0.15) is 173 Å². The van der Waals surface area contributed by atoms with Crippen molar-refractivity contribution in [2.24, 2.45) is 0 Å². The lowest BCUT2D eigenvalue weighted by Gasteiger charge is -2.29. The van der Waals surface area contributed by atoms with Crippen LogP contribution in [-0.4, -0.2) is 65.4 Å². The van der Waals surface area contributed by atoms with Crippen LogP contribution in [0.5, 0.6) is 23.0 Å². The van der Waals surface area contributed by atoms with E-state index in [0.717, 1.165) is 66.8 Å². The predicted octanol–water partition coefficient (Wildman–Crippen LogP) is 12.4. The quantitative estimate of drug-likeness (QED) is 0.101. The third kappa shape index (κ3) is 14.2. The zero-order chi connectivity index (χ0) is 58.5. The molecule has 424 valence electrons. The molecule has 6 aromatic carbocycles. The molecule has 6 aromatic rings. The number of amides is 2. The molecule has 2 amide bonds. The highest BCUT2D eigenvalue weighted by molar-refractivity contribution is 5.87. The summed E-state index contributed by atoms with van der Waals surface area (Å²) < 4.78 is 37.1. The van der Waals surface area contributed by atoms with Crippen LogP contribution in [0.4, 0.5) is 0 Å². The Labute approximate surface area is 474 Å². The molecular weight excluding hydrogens is 1000 g/mol. The van der Waals surface area contributed by atoms with Crippen LogP contribution >= 0.6 is 0 Å². The minimum Gasteiger partial charge on any atom is -0.496 e. The van der Waals surface area contributed by atoms with E-state index in [-0.39, 0.29) is 21.7 Å². The largest absolute Gasteiger partial charge is 0.496 e. The number of carbonyl (C=O) groups excluding carboxylic acids is 4. The molecule has 0 aliphatic heterocycles. The lowest BCUT2D eigenvalue weighted by molar-refractivity contribution is -0.145. The van der Waals surface area contributed by atoms with Gasteiger partial charge < -0.3 is 39.1 Å². The smallest absolute Gasteiger partial charge is 0.333 e. The summed E-state index contributed by atoms with van der Waals surface area (Å²) in [5.41, 5.74) is 11.2. The molecule has 2 N–H and O–H groups in total. The summed E-state index contributed by atoms with van der Waals surface area (Å²) in [5, 5.41) is 5.77. The van der Waals surface area contributed by atoms with Gasteiger partial charge in [0.15, 0.2) is 25.3 Å². The van der Waals surface area contributed by atoms with Crippen molar-refractivity contribution >= 4 is 23.8 Å². The first-order chi connectivity index (χ1) is 37.6. The van der Waals surface area contributed by atoms with E-state index < -0.39 is 49.1 Å². The normalized spacial score (nSPS) is 13.5. The number of carbonyl (C=O) groups is 4. The molecule has 12 nitrogen and oxygen atoms in total. The van der Waals surface area contributed by atoms with Crippen LogP contribution in [0.2, 0.25) is 0 Å². The van der Waals surface area contributed by atoms with E-state index in [1.807, 2.05) is 12.1 Å². The topological polar surface area (TPSA) is 148 Å². The van der Waals surface area contributed by atoms with E-state index in [2.05, 4.69) is 142 Å². The molecular formula is C68H82N2O10. The number of rotatable bonds is 14. The third-order valence-corrected chi connectivity index (χ3v) is 14.8. The highest BCUT2D eigenvalue weighted by atomic mass is 16.5. The van der Waals surface area contributed by atoms with E-state index >= 15 is 0 Å². The Kier molecular flexibility index (Phi) is 18.3. The fraction of sp³-hybridized carbons (Fsp3) is 0.412. The molecule has 2 atom stereocenters. The number of benzene rings is 6. The van der Waals surface area contributed by atoms with E-state index in [9.17, 15) is 19.2 Å². The first-order valence-corrected chi connectivity index (χ1v) is 27.5. The van der Waals surface area contributed by atoms with E-state index in [0.29, 0.717) is 59.8 Å². The van der Waals surface area contributed by atoms with Crippen LogP contribution in [0, 0.1) is 0 Å². The molecule has 0 fully saturated rings. The first-order valence-electron chi connectivity index (χ1n) is 27.5. The van der Waals surface area contributed by atoms with Crippen LogP contribution < -0.4 is 29.6 Å². The number of hydrogen-bond donors (Lipinski definition) is 2. The number of hydrogen-bond acceptors (Lipinski definition) is 10. The van der Waals surface area contributed by atoms with Crippen molar-refractivity contribution in [1.82, 2.24) is 10.6 Å². The minimum atomic E-state index is -1.05. The monoisotopic (exact) mass is 1090 g/mol. The van der Waals surface area contributed by atoms with Gasteiger partial charge in [-0.15, -0.1) is 0 Å². The van der Waals surface area contributed by atoms with Crippen molar-refractivity contribution in [3.8, 4) is 23.0 Å². The molecule has 0 aromatic heterocycles. The molecule has 80 heavy (non-hydrogen) atoms. The summed E-state index contributed by atoms with van der Waals surface area (Å²) in [4.78, 5) is 54.7. The molecule has 0 spiro atoms. The molecule has 0 saturated heterocycles. The first kappa shape index (κ1) is 60.0. The fourth-order valence-corrected chi connectivity index (χ4v) is 10.3. The average molecular weight is 1090 g/mol. The van der Waals surface area contributed by atoms with Crippen LogP contribution in [0.25, 0.3) is 0 Å². The lowest BCUT2D eigenvalue weighted by atomic mass is 9.79. The Morgan fingerprint density at radius 1 is 0.388 bits per heavy atom. The maximum Gasteiger partial charge on any atom is 0.333 e. The fourth-order valence-electron chi connectivity index (χ4n) is 10.3. The van der Waals surface area contributed by atoms with Gasteiger partial charge in [0.1, 0.15) is 23.0 Å². The van der Waals surface area contributed by atoms with Gasteiger partial charge in [-0.1, -0.05) is 192 Å². The lowest BCUT2D eigenvalue weighted by Crippen LogP contribution is -2.37. The van der Waals surface area contributed by atoms with Crippen molar-refractivity contribution in [2.45, 2.75) is 143 Å². The number of fused-ring (bicyclic) bond motifs is 8. The Morgan fingerprint density at radius 2 is 0.625 bits per heavy atom. The third-order valence-electron chi connectivity index (χ3n) is 14.8. The van der Waals surface area contributed by atoms with Crippen LogP contribution in [0.15, 0.2) is 109 Å². The molecule has 0 saturated carbocycles. The van der Waals surface area contributed by atoms with Crippen molar-refractivity contribution in [3.63, 3.8) is 0 Å². The predicted molar refractivity (Wildman–Crippen MR) is 315 cm³/mol. The molecule has 1 aliphatic carbocycles. The van der Waals surface area contributed by atoms with Gasteiger partial charge in [-0.2, -0.15) is 0 Å². The Balaban J connectivity index is 1.49. The van der Waals surface area contributed by atoms with Crippen molar-refractivity contribution in [2.75, 3.05) is 41.7 Å². The van der Waals surface area contributed by atoms with Crippen molar-refractivity contribution in [3.05, 3.63) is 187 Å². The zero-order valence-electron chi connectivity index (χ0n) is 49.9. The molecule has 1 aliphatic rings. The number of esters is 2. The zero-order valence-corrected chi connectivity index (χ0v) is 49.9. The molecule has 7 rings (SSSR count). The van der Waals surface area contributed by atoms with Crippen molar-refractivity contribution in [1.29, 1.82) is 0 Å². The summed E-state index contributed by atoms with van der Waals surface area (Å²) in [7, 11) is 5.98. The second kappa shape index (κ2) is 24.4.